The Kier molecular flexibility index (Phi) is 5.80. The van der Waals surface area contributed by atoms with Crippen LogP contribution in [0.5, 0.6) is 0 Å². The summed E-state index contributed by atoms with van der Waals surface area (Å²) in [5.74, 6) is 0.940. The normalized spacial score (nSPS) is 20.6. The lowest BCUT2D eigenvalue weighted by Crippen LogP contribution is -2.46. The van der Waals surface area contributed by atoms with Crippen molar-refractivity contribution >= 4 is 5.91 Å². The third-order valence-electron chi connectivity index (χ3n) is 4.70. The molecule has 116 valence electrons. The Labute approximate surface area is 128 Å². The molecule has 0 aliphatic carbocycles. The molecule has 0 aromatic heterocycles. The minimum Gasteiger partial charge on any atom is -0.341 e. The van der Waals surface area contributed by atoms with E-state index in [-0.39, 0.29) is 11.9 Å². The molecule has 3 nitrogen and oxygen atoms in total. The minimum absolute atomic E-state index is 0.146. The first-order valence-electron chi connectivity index (χ1n) is 8.21. The molecule has 0 spiro atoms. The first kappa shape index (κ1) is 16.0. The molecule has 0 radical (unpaired) electrons. The summed E-state index contributed by atoms with van der Waals surface area (Å²) < 4.78 is 0. The number of hydrogen-bond donors (Lipinski definition) is 0. The molecular formula is C18H28N2O. The Morgan fingerprint density at radius 3 is 2.67 bits per heavy atom. The molecule has 1 aliphatic heterocycles. The van der Waals surface area contributed by atoms with Gasteiger partial charge in [0.15, 0.2) is 0 Å². The van der Waals surface area contributed by atoms with E-state index in [0.29, 0.717) is 5.92 Å². The predicted molar refractivity (Wildman–Crippen MR) is 87.1 cm³/mol. The molecule has 0 bridgehead atoms. The van der Waals surface area contributed by atoms with E-state index in [0.717, 1.165) is 31.6 Å². The zero-order chi connectivity index (χ0) is 15.2. The highest BCUT2D eigenvalue weighted by Gasteiger charge is 2.31. The van der Waals surface area contributed by atoms with Crippen molar-refractivity contribution in [2.24, 2.45) is 5.92 Å². The van der Waals surface area contributed by atoms with Crippen molar-refractivity contribution in [3.05, 3.63) is 35.9 Å². The summed E-state index contributed by atoms with van der Waals surface area (Å²) in [4.78, 5) is 17.3. The molecule has 21 heavy (non-hydrogen) atoms. The van der Waals surface area contributed by atoms with E-state index in [4.69, 9.17) is 0 Å². The van der Waals surface area contributed by atoms with Crippen molar-refractivity contribution in [3.63, 3.8) is 0 Å². The molecule has 2 unspecified atom stereocenters. The molecule has 1 aromatic carbocycles. The van der Waals surface area contributed by atoms with Gasteiger partial charge < -0.3 is 4.90 Å². The van der Waals surface area contributed by atoms with Crippen LogP contribution in [0.15, 0.2) is 30.3 Å². The highest BCUT2D eigenvalue weighted by Crippen LogP contribution is 2.26. The molecule has 1 aromatic rings. The molecule has 1 amide bonds. The lowest BCUT2D eigenvalue weighted by Gasteiger charge is -2.37. The molecule has 0 saturated carbocycles. The van der Waals surface area contributed by atoms with Gasteiger partial charge in [-0.15, -0.1) is 0 Å². The summed E-state index contributed by atoms with van der Waals surface area (Å²) in [6.07, 6.45) is 3.57. The van der Waals surface area contributed by atoms with Crippen LogP contribution in [-0.2, 0) is 4.79 Å². The Morgan fingerprint density at radius 1 is 1.33 bits per heavy atom. The van der Waals surface area contributed by atoms with Gasteiger partial charge in [0.05, 0.1) is 0 Å². The second-order valence-electron chi connectivity index (χ2n) is 6.09. The number of benzene rings is 1. The molecule has 1 saturated heterocycles. The van der Waals surface area contributed by atoms with Gasteiger partial charge in [0.2, 0.25) is 5.91 Å². The number of likely N-dealkylation sites (N-methyl/N-ethyl adjacent to an activating group) is 1. The van der Waals surface area contributed by atoms with Crippen LogP contribution in [0.25, 0.3) is 0 Å². The van der Waals surface area contributed by atoms with Gasteiger partial charge in [0.1, 0.15) is 6.04 Å². The fourth-order valence-corrected chi connectivity index (χ4v) is 3.17. The number of amides is 1. The van der Waals surface area contributed by atoms with Crippen molar-refractivity contribution in [1.29, 1.82) is 0 Å². The molecule has 0 N–H and O–H groups in total. The van der Waals surface area contributed by atoms with Crippen molar-refractivity contribution in [1.82, 2.24) is 9.80 Å². The van der Waals surface area contributed by atoms with Crippen molar-refractivity contribution in [2.75, 3.05) is 26.7 Å². The molecule has 2 rings (SSSR count). The van der Waals surface area contributed by atoms with Gasteiger partial charge in [0.25, 0.3) is 0 Å². The predicted octanol–water partition coefficient (Wildman–Crippen LogP) is 3.33. The Hall–Kier alpha value is -1.35. The monoisotopic (exact) mass is 288 g/mol. The lowest BCUT2D eigenvalue weighted by atomic mass is 9.94. The van der Waals surface area contributed by atoms with Crippen LogP contribution in [0.2, 0.25) is 0 Å². The van der Waals surface area contributed by atoms with Gasteiger partial charge in [0, 0.05) is 13.1 Å². The number of hydrogen-bond acceptors (Lipinski definition) is 2. The maximum absolute atomic E-state index is 13.0. The molecule has 1 fully saturated rings. The van der Waals surface area contributed by atoms with Crippen LogP contribution < -0.4 is 0 Å². The van der Waals surface area contributed by atoms with E-state index < -0.39 is 0 Å². The highest BCUT2D eigenvalue weighted by atomic mass is 16.2. The van der Waals surface area contributed by atoms with Gasteiger partial charge in [-0.1, -0.05) is 50.6 Å². The van der Waals surface area contributed by atoms with Crippen LogP contribution in [0.4, 0.5) is 0 Å². The first-order chi connectivity index (χ1) is 10.2. The van der Waals surface area contributed by atoms with Gasteiger partial charge in [-0.3, -0.25) is 9.69 Å². The average Bonchev–Trinajstić information content (AvgIpc) is 2.55. The number of likely N-dealkylation sites (tertiary alicyclic amines) is 1. The standard InChI is InChI=1S/C18H28N2O/c1-4-15-10-9-13-20(14-15)18(21)17(19(3)5-2)16-11-7-6-8-12-16/h6-8,11-12,15,17H,4-5,9-10,13-14H2,1-3H3. The molecular weight excluding hydrogens is 260 g/mol. The van der Waals surface area contributed by atoms with E-state index in [1.807, 2.05) is 25.2 Å². The van der Waals surface area contributed by atoms with Crippen LogP contribution in [0, 0.1) is 5.92 Å². The van der Waals surface area contributed by atoms with E-state index in [9.17, 15) is 4.79 Å². The minimum atomic E-state index is -0.146. The molecule has 1 heterocycles. The lowest BCUT2D eigenvalue weighted by molar-refractivity contribution is -0.138. The summed E-state index contributed by atoms with van der Waals surface area (Å²) in [5, 5.41) is 0. The molecule has 2 atom stereocenters. The SMILES string of the molecule is CCC1CCCN(C(=O)C(c2ccccc2)N(C)CC)C1. The zero-order valence-electron chi connectivity index (χ0n) is 13.6. The second-order valence-corrected chi connectivity index (χ2v) is 6.09. The van der Waals surface area contributed by atoms with E-state index in [1.165, 1.54) is 12.8 Å². The summed E-state index contributed by atoms with van der Waals surface area (Å²) in [7, 11) is 2.04. The summed E-state index contributed by atoms with van der Waals surface area (Å²) >= 11 is 0. The maximum Gasteiger partial charge on any atom is 0.244 e. The number of nitrogens with zero attached hydrogens (tertiary/aromatic N) is 2. The fraction of sp³-hybridized carbons (Fsp3) is 0.611. The maximum atomic E-state index is 13.0. The number of carbonyl (C=O) groups is 1. The molecule has 1 aliphatic rings. The van der Waals surface area contributed by atoms with Crippen LogP contribution >= 0.6 is 0 Å². The third kappa shape index (κ3) is 3.85. The number of carbonyl (C=O) groups excluding carboxylic acids is 1. The van der Waals surface area contributed by atoms with Crippen LogP contribution in [0.1, 0.15) is 44.7 Å². The fourth-order valence-electron chi connectivity index (χ4n) is 3.17. The topological polar surface area (TPSA) is 23.6 Å². The van der Waals surface area contributed by atoms with Gasteiger partial charge in [-0.25, -0.2) is 0 Å². The van der Waals surface area contributed by atoms with Crippen molar-refractivity contribution < 1.29 is 4.79 Å². The van der Waals surface area contributed by atoms with Crippen molar-refractivity contribution in [2.45, 2.75) is 39.2 Å². The van der Waals surface area contributed by atoms with Gasteiger partial charge in [-0.2, -0.15) is 0 Å². The number of piperidine rings is 1. The summed E-state index contributed by atoms with van der Waals surface area (Å²) in [6, 6.07) is 10.0. The van der Waals surface area contributed by atoms with E-state index in [2.05, 4.69) is 35.8 Å². The Balaban J connectivity index is 2.18. The quantitative estimate of drug-likeness (QED) is 0.830. The Bertz CT molecular complexity index is 446. The third-order valence-corrected chi connectivity index (χ3v) is 4.70. The van der Waals surface area contributed by atoms with Crippen LogP contribution in [-0.4, -0.2) is 42.4 Å². The van der Waals surface area contributed by atoms with E-state index >= 15 is 0 Å². The number of rotatable bonds is 5. The smallest absolute Gasteiger partial charge is 0.244 e. The van der Waals surface area contributed by atoms with Gasteiger partial charge in [-0.05, 0) is 37.9 Å². The zero-order valence-corrected chi connectivity index (χ0v) is 13.6. The second kappa shape index (κ2) is 7.60. The summed E-state index contributed by atoms with van der Waals surface area (Å²) in [6.45, 7) is 7.04. The van der Waals surface area contributed by atoms with Gasteiger partial charge >= 0.3 is 0 Å². The van der Waals surface area contributed by atoms with Crippen LogP contribution in [0.3, 0.4) is 0 Å². The summed E-state index contributed by atoms with van der Waals surface area (Å²) in [5.41, 5.74) is 1.10. The largest absolute Gasteiger partial charge is 0.341 e. The average molecular weight is 288 g/mol. The first-order valence-corrected chi connectivity index (χ1v) is 8.21. The van der Waals surface area contributed by atoms with E-state index in [1.54, 1.807) is 0 Å². The highest BCUT2D eigenvalue weighted by molar-refractivity contribution is 5.83. The van der Waals surface area contributed by atoms with Crippen molar-refractivity contribution in [3.8, 4) is 0 Å². The Morgan fingerprint density at radius 2 is 2.05 bits per heavy atom. The molecule has 3 heteroatoms.